The normalized spacial score (nSPS) is 17.8. The van der Waals surface area contributed by atoms with E-state index >= 15 is 0 Å². The van der Waals surface area contributed by atoms with Gasteiger partial charge in [-0.25, -0.2) is 6.08 Å². The number of carbonyl (C=O) groups is 1. The van der Waals surface area contributed by atoms with Crippen LogP contribution in [0.2, 0.25) is 0 Å². The molecule has 2 rings (SSSR count). The minimum absolute atomic E-state index is 0. The molecule has 0 fully saturated rings. The third-order valence-corrected chi connectivity index (χ3v) is 4.46. The first-order valence-electron chi connectivity index (χ1n) is 6.56. The first-order chi connectivity index (χ1) is 10.1. The predicted molar refractivity (Wildman–Crippen MR) is 91.4 cm³/mol. The van der Waals surface area contributed by atoms with Crippen LogP contribution in [0.1, 0.15) is 18.9 Å². The summed E-state index contributed by atoms with van der Waals surface area (Å²) in [6.07, 6.45) is 5.65. The van der Waals surface area contributed by atoms with Crippen molar-refractivity contribution < 1.29 is 42.2 Å². The van der Waals surface area contributed by atoms with Gasteiger partial charge in [-0.1, -0.05) is 26.8 Å². The maximum atomic E-state index is 12.2. The van der Waals surface area contributed by atoms with Crippen molar-refractivity contribution >= 4 is 50.9 Å². The van der Waals surface area contributed by atoms with Gasteiger partial charge in [0.2, 0.25) is 5.91 Å². The van der Waals surface area contributed by atoms with E-state index < -0.39 is 5.38 Å². The van der Waals surface area contributed by atoms with Crippen molar-refractivity contribution in [2.75, 3.05) is 18.7 Å². The monoisotopic (exact) mass is 477 g/mol. The van der Waals surface area contributed by atoms with E-state index in [1.54, 1.807) is 16.7 Å². The molecule has 117 valence electrons. The SMILES string of the molecule is CCN1C(=O)C(Cl)C[C-]=C1c1ccc(OCSC)cc1Br.[Y]. The number of thioether (sulfide) groups is 1. The summed E-state index contributed by atoms with van der Waals surface area (Å²) in [7, 11) is 0. The van der Waals surface area contributed by atoms with Gasteiger partial charge in [-0.05, 0) is 25.3 Å². The molecule has 0 bridgehead atoms. The molecule has 7 heteroatoms. The number of halogens is 2. The Hall–Kier alpha value is 0.454. The standard InChI is InChI=1S/C15H16BrClNO2S.Y/c1-3-18-14(7-6-13(17)15(18)19)11-5-4-10(8-12(11)16)20-9-21-2;/h4-5,8,13H,3,6,9H2,1-2H3;/q-1;. The van der Waals surface area contributed by atoms with Crippen molar-refractivity contribution in [1.82, 2.24) is 4.90 Å². The molecule has 1 unspecified atom stereocenters. The van der Waals surface area contributed by atoms with Gasteiger partial charge in [-0.3, -0.25) is 4.79 Å². The maximum Gasteiger partial charge on any atom is 0.241 e. The largest absolute Gasteiger partial charge is 0.483 e. The van der Waals surface area contributed by atoms with Crippen LogP contribution < -0.4 is 4.74 Å². The molecular formula is C15H16BrClNO2SY-. The molecule has 1 aliphatic heterocycles. The minimum atomic E-state index is -0.517. The number of allylic oxidation sites excluding steroid dienone is 1. The molecule has 1 radical (unpaired) electrons. The molecule has 1 aliphatic rings. The van der Waals surface area contributed by atoms with Crippen molar-refractivity contribution in [2.45, 2.75) is 18.7 Å². The first kappa shape index (κ1) is 20.5. The number of hydrogen-bond donors (Lipinski definition) is 0. The molecule has 1 heterocycles. The van der Waals surface area contributed by atoms with E-state index in [4.69, 9.17) is 16.3 Å². The number of alkyl halides is 1. The molecule has 0 N–H and O–H groups in total. The van der Waals surface area contributed by atoms with E-state index in [2.05, 4.69) is 22.0 Å². The van der Waals surface area contributed by atoms with Crippen molar-refractivity contribution in [3.63, 3.8) is 0 Å². The van der Waals surface area contributed by atoms with E-state index in [0.29, 0.717) is 18.9 Å². The van der Waals surface area contributed by atoms with Crippen LogP contribution in [0.5, 0.6) is 5.75 Å². The van der Waals surface area contributed by atoms with Crippen LogP contribution in [-0.4, -0.2) is 34.9 Å². The van der Waals surface area contributed by atoms with Crippen LogP contribution in [-0.2, 0) is 37.5 Å². The van der Waals surface area contributed by atoms with Crippen molar-refractivity contribution in [1.29, 1.82) is 0 Å². The van der Waals surface area contributed by atoms with Gasteiger partial charge in [0.1, 0.15) is 17.1 Å². The van der Waals surface area contributed by atoms with Gasteiger partial charge < -0.3 is 9.64 Å². The maximum absolute atomic E-state index is 12.2. The smallest absolute Gasteiger partial charge is 0.241 e. The molecule has 1 aromatic rings. The van der Waals surface area contributed by atoms with Crippen LogP contribution in [0, 0.1) is 6.08 Å². The predicted octanol–water partition coefficient (Wildman–Crippen LogP) is 4.15. The number of rotatable bonds is 5. The Morgan fingerprint density at radius 3 is 2.86 bits per heavy atom. The molecule has 1 aromatic carbocycles. The molecule has 22 heavy (non-hydrogen) atoms. The number of carbonyl (C=O) groups excluding carboxylic acids is 1. The van der Waals surface area contributed by atoms with Gasteiger partial charge in [0, 0.05) is 39.3 Å². The fraction of sp³-hybridized carbons (Fsp3) is 0.400. The Morgan fingerprint density at radius 2 is 2.27 bits per heavy atom. The van der Waals surface area contributed by atoms with Gasteiger partial charge >= 0.3 is 0 Å². The quantitative estimate of drug-likeness (QED) is 0.362. The van der Waals surface area contributed by atoms with Crippen LogP contribution in [0.4, 0.5) is 0 Å². The molecule has 3 nitrogen and oxygen atoms in total. The summed E-state index contributed by atoms with van der Waals surface area (Å²) in [5.41, 5.74) is 1.70. The summed E-state index contributed by atoms with van der Waals surface area (Å²) in [5.74, 6) is 1.33. The van der Waals surface area contributed by atoms with Crippen LogP contribution >= 0.6 is 39.3 Å². The molecule has 0 saturated carbocycles. The Kier molecular flexibility index (Phi) is 9.02. The number of benzene rings is 1. The molecule has 0 aliphatic carbocycles. The van der Waals surface area contributed by atoms with Crippen LogP contribution in [0.15, 0.2) is 22.7 Å². The second-order valence-corrected chi connectivity index (χ2v) is 6.67. The summed E-state index contributed by atoms with van der Waals surface area (Å²) >= 11 is 11.2. The zero-order valence-corrected chi connectivity index (χ0v) is 18.4. The summed E-state index contributed by atoms with van der Waals surface area (Å²) in [5, 5.41) is -0.517. The van der Waals surface area contributed by atoms with E-state index in [9.17, 15) is 4.79 Å². The minimum Gasteiger partial charge on any atom is -0.483 e. The van der Waals surface area contributed by atoms with E-state index in [-0.39, 0.29) is 38.6 Å². The van der Waals surface area contributed by atoms with E-state index in [1.807, 2.05) is 31.4 Å². The Balaban J connectivity index is 0.00000242. The first-order valence-corrected chi connectivity index (χ1v) is 9.18. The Labute approximate surface area is 174 Å². The summed E-state index contributed by atoms with van der Waals surface area (Å²) in [6.45, 7) is 2.50. The van der Waals surface area contributed by atoms with E-state index in [0.717, 1.165) is 21.5 Å². The third-order valence-electron chi connectivity index (χ3n) is 3.11. The summed E-state index contributed by atoms with van der Waals surface area (Å²) in [6, 6.07) is 5.74. The van der Waals surface area contributed by atoms with Gasteiger partial charge in [0.05, 0.1) is 0 Å². The van der Waals surface area contributed by atoms with Gasteiger partial charge in [-0.15, -0.1) is 40.7 Å². The van der Waals surface area contributed by atoms with Gasteiger partial charge in [0.15, 0.2) is 0 Å². The molecular weight excluding hydrogens is 462 g/mol. The van der Waals surface area contributed by atoms with Crippen LogP contribution in [0.25, 0.3) is 5.70 Å². The van der Waals surface area contributed by atoms with E-state index in [1.165, 1.54) is 0 Å². The second-order valence-electron chi connectivity index (χ2n) is 4.47. The fourth-order valence-electron chi connectivity index (χ4n) is 2.11. The number of ether oxygens (including phenoxy) is 1. The Bertz CT molecular complexity index is 570. The molecule has 1 atom stereocenters. The second kappa shape index (κ2) is 9.68. The zero-order valence-electron chi connectivity index (χ0n) is 12.4. The van der Waals surface area contributed by atoms with Crippen LogP contribution in [0.3, 0.4) is 0 Å². The number of nitrogens with zero attached hydrogens (tertiary/aromatic N) is 1. The molecule has 1 amide bonds. The molecule has 0 saturated heterocycles. The van der Waals surface area contributed by atoms with Gasteiger partial charge in [0.25, 0.3) is 0 Å². The molecule has 0 spiro atoms. The average molecular weight is 479 g/mol. The van der Waals surface area contributed by atoms with Crippen molar-refractivity contribution in [3.8, 4) is 5.75 Å². The number of hydrogen-bond acceptors (Lipinski definition) is 3. The zero-order chi connectivity index (χ0) is 15.4. The van der Waals surface area contributed by atoms with Crippen molar-refractivity contribution in [3.05, 3.63) is 34.3 Å². The summed E-state index contributed by atoms with van der Waals surface area (Å²) in [4.78, 5) is 13.8. The fourth-order valence-corrected chi connectivity index (χ4v) is 3.10. The number of amides is 1. The van der Waals surface area contributed by atoms with Crippen molar-refractivity contribution in [2.24, 2.45) is 0 Å². The average Bonchev–Trinajstić information content (AvgIpc) is 2.48. The topological polar surface area (TPSA) is 29.5 Å². The molecule has 0 aromatic heterocycles. The summed E-state index contributed by atoms with van der Waals surface area (Å²) < 4.78 is 6.45. The van der Waals surface area contributed by atoms with Gasteiger partial charge in [-0.2, -0.15) is 0 Å². The Morgan fingerprint density at radius 1 is 1.55 bits per heavy atom. The third kappa shape index (κ3) is 4.73.